The normalized spacial score (nSPS) is 15.3. The van der Waals surface area contributed by atoms with Gasteiger partial charge in [-0.05, 0) is 23.8 Å². The minimum Gasteiger partial charge on any atom is -0.846 e. The van der Waals surface area contributed by atoms with E-state index in [0.29, 0.717) is 16.1 Å². The smallest absolute Gasteiger partial charge is 0.277 e. The summed E-state index contributed by atoms with van der Waals surface area (Å²) < 4.78 is 11.7. The summed E-state index contributed by atoms with van der Waals surface area (Å²) in [5.74, 6) is 0.0527. The van der Waals surface area contributed by atoms with Gasteiger partial charge >= 0.3 is 0 Å². The van der Waals surface area contributed by atoms with Gasteiger partial charge in [-0.2, -0.15) is 4.73 Å². The summed E-state index contributed by atoms with van der Waals surface area (Å²) >= 11 is 12.0. The van der Waals surface area contributed by atoms with Crippen molar-refractivity contribution in [1.82, 2.24) is 4.73 Å². The van der Waals surface area contributed by atoms with E-state index in [1.54, 1.807) is 30.4 Å². The molecule has 0 radical (unpaired) electrons. The number of rotatable bonds is 5. The van der Waals surface area contributed by atoms with Gasteiger partial charge in [0, 0.05) is 5.56 Å². The summed E-state index contributed by atoms with van der Waals surface area (Å²) in [5, 5.41) is 21.6. The summed E-state index contributed by atoms with van der Waals surface area (Å²) in [6.45, 7) is 0.0286. The number of pyridine rings is 1. The average molecular weight is 448 g/mol. The minimum absolute atomic E-state index is 0.00577. The highest BCUT2D eigenvalue weighted by molar-refractivity contribution is 6.34. The predicted octanol–water partition coefficient (Wildman–Crippen LogP) is 2.94. The number of ether oxygens (including phenoxy) is 2. The molecule has 1 heterocycles. The van der Waals surface area contributed by atoms with Gasteiger partial charge in [-0.25, -0.2) is 4.99 Å². The van der Waals surface area contributed by atoms with Crippen LogP contribution in [0.2, 0.25) is 10.0 Å². The molecule has 1 amide bonds. The molecule has 1 aliphatic carbocycles. The first-order valence-electron chi connectivity index (χ1n) is 8.75. The molecule has 3 rings (SSSR count). The van der Waals surface area contributed by atoms with Crippen molar-refractivity contribution in [2.24, 2.45) is 4.99 Å². The van der Waals surface area contributed by atoms with Crippen molar-refractivity contribution >= 4 is 29.1 Å². The summed E-state index contributed by atoms with van der Waals surface area (Å²) in [4.78, 5) is 16.6. The van der Waals surface area contributed by atoms with Crippen LogP contribution >= 0.6 is 23.2 Å². The Morgan fingerprint density at radius 2 is 1.93 bits per heavy atom. The zero-order valence-electron chi connectivity index (χ0n) is 15.8. The van der Waals surface area contributed by atoms with E-state index < -0.39 is 12.0 Å². The topological polar surface area (TPSA) is 96.1 Å². The summed E-state index contributed by atoms with van der Waals surface area (Å²) in [6, 6.07) is 4.54. The van der Waals surface area contributed by atoms with Gasteiger partial charge in [-0.3, -0.25) is 4.79 Å². The maximum atomic E-state index is 12.6. The van der Waals surface area contributed by atoms with Crippen LogP contribution in [0.25, 0.3) is 0 Å². The van der Waals surface area contributed by atoms with E-state index in [-0.39, 0.29) is 33.3 Å². The molecule has 1 unspecified atom stereocenters. The maximum Gasteiger partial charge on any atom is 0.277 e. The van der Waals surface area contributed by atoms with Crippen molar-refractivity contribution in [2.75, 3.05) is 13.7 Å². The summed E-state index contributed by atoms with van der Waals surface area (Å²) in [7, 11) is 1.47. The van der Waals surface area contributed by atoms with Crippen LogP contribution in [-0.4, -0.2) is 35.7 Å². The molecule has 1 N–H and O–H groups in total. The van der Waals surface area contributed by atoms with E-state index in [0.717, 1.165) is 12.4 Å². The van der Waals surface area contributed by atoms with Crippen LogP contribution in [0.15, 0.2) is 71.5 Å². The van der Waals surface area contributed by atoms with Crippen LogP contribution in [0.3, 0.4) is 0 Å². The summed E-state index contributed by atoms with van der Waals surface area (Å²) in [5.41, 5.74) is 0.732. The van der Waals surface area contributed by atoms with Gasteiger partial charge in [0.2, 0.25) is 0 Å². The average Bonchev–Trinajstić information content (AvgIpc) is 2.92. The lowest BCUT2D eigenvalue weighted by Gasteiger charge is -2.22. The Morgan fingerprint density at radius 3 is 2.63 bits per heavy atom. The third-order valence-corrected chi connectivity index (χ3v) is 4.70. The van der Waals surface area contributed by atoms with Gasteiger partial charge in [-0.15, -0.1) is 0 Å². The van der Waals surface area contributed by atoms with Crippen LogP contribution < -0.4 is 19.9 Å². The fraction of sp³-hybridized carbons (Fsp3) is 0.143. The zero-order valence-corrected chi connectivity index (χ0v) is 17.3. The Labute approximate surface area is 182 Å². The predicted molar refractivity (Wildman–Crippen MR) is 110 cm³/mol. The van der Waals surface area contributed by atoms with E-state index >= 15 is 0 Å². The zero-order chi connectivity index (χ0) is 21.7. The standard InChI is InChI=1S/C21H17Cl2N2O5/c1-29-18-8-7-13(21(27)24-20-15(22)10-25(28)11-16(20)23)9-19(18)30-12-14-5-3-2-4-6-17(14)26/h2-11,17,28H,12H2,1H3/q-1. The maximum absolute atomic E-state index is 12.6. The Bertz CT molecular complexity index is 1090. The number of methoxy groups -OCH3 is 1. The van der Waals surface area contributed by atoms with Gasteiger partial charge < -0.3 is 19.8 Å². The molecule has 2 aromatic rings. The number of hydrogen-bond acceptors (Lipinski definition) is 5. The Balaban J connectivity index is 1.88. The van der Waals surface area contributed by atoms with Crippen molar-refractivity contribution in [3.63, 3.8) is 0 Å². The lowest BCUT2D eigenvalue weighted by Crippen LogP contribution is -2.27. The fourth-order valence-electron chi connectivity index (χ4n) is 2.62. The number of nitrogens with zero attached hydrogens (tertiary/aromatic N) is 2. The SMILES string of the molecule is COc1ccc(C(=O)N=c2c(Cl)cn(O)cc2Cl)cc1OCC1=CC=CC=CC1[O-]. The monoisotopic (exact) mass is 447 g/mol. The molecule has 0 fully saturated rings. The highest BCUT2D eigenvalue weighted by Crippen LogP contribution is 2.29. The number of halogens is 2. The van der Waals surface area contributed by atoms with E-state index in [4.69, 9.17) is 32.7 Å². The Morgan fingerprint density at radius 1 is 1.20 bits per heavy atom. The molecule has 0 aliphatic heterocycles. The first-order valence-corrected chi connectivity index (χ1v) is 9.51. The third-order valence-electron chi connectivity index (χ3n) is 4.15. The summed E-state index contributed by atoms with van der Waals surface area (Å²) in [6.07, 6.45) is 9.71. The molecule has 9 heteroatoms. The van der Waals surface area contributed by atoms with Gasteiger partial charge in [0.25, 0.3) is 5.91 Å². The van der Waals surface area contributed by atoms with Gasteiger partial charge in [0.15, 0.2) is 11.5 Å². The van der Waals surface area contributed by atoms with E-state index in [1.807, 2.05) is 0 Å². The number of carbonyl (C=O) groups is 1. The highest BCUT2D eigenvalue weighted by atomic mass is 35.5. The molecule has 30 heavy (non-hydrogen) atoms. The molecule has 156 valence electrons. The van der Waals surface area contributed by atoms with Crippen molar-refractivity contribution in [3.8, 4) is 11.5 Å². The number of carbonyl (C=O) groups excluding carboxylic acids is 1. The largest absolute Gasteiger partial charge is 0.846 e. The molecular weight excluding hydrogens is 431 g/mol. The number of aromatic nitrogens is 1. The van der Waals surface area contributed by atoms with Crippen LogP contribution in [0, 0.1) is 0 Å². The molecule has 0 spiro atoms. The second kappa shape index (κ2) is 9.67. The second-order valence-corrected chi connectivity index (χ2v) is 7.00. The highest BCUT2D eigenvalue weighted by Gasteiger charge is 2.13. The van der Waals surface area contributed by atoms with Crippen molar-refractivity contribution in [2.45, 2.75) is 6.10 Å². The number of benzene rings is 1. The van der Waals surface area contributed by atoms with E-state index in [1.165, 1.54) is 25.3 Å². The lowest BCUT2D eigenvalue weighted by atomic mass is 10.1. The molecule has 0 bridgehead atoms. The lowest BCUT2D eigenvalue weighted by molar-refractivity contribution is -0.391. The van der Waals surface area contributed by atoms with Crippen molar-refractivity contribution < 1.29 is 24.6 Å². The van der Waals surface area contributed by atoms with Crippen LogP contribution in [0.1, 0.15) is 10.4 Å². The molecule has 0 saturated carbocycles. The van der Waals surface area contributed by atoms with Crippen LogP contribution in [0.5, 0.6) is 11.5 Å². The number of amides is 1. The molecular formula is C21H17Cl2N2O5-. The third kappa shape index (κ3) is 5.13. The molecule has 7 nitrogen and oxygen atoms in total. The first kappa shape index (κ1) is 21.7. The fourth-order valence-corrected chi connectivity index (χ4v) is 3.16. The van der Waals surface area contributed by atoms with Gasteiger partial charge in [0.05, 0.1) is 29.5 Å². The Kier molecular flexibility index (Phi) is 6.99. The molecule has 1 aliphatic rings. The number of hydrogen-bond donors (Lipinski definition) is 1. The van der Waals surface area contributed by atoms with Crippen LogP contribution in [-0.2, 0) is 0 Å². The van der Waals surface area contributed by atoms with Crippen LogP contribution in [0.4, 0.5) is 0 Å². The van der Waals surface area contributed by atoms with E-state index in [2.05, 4.69) is 4.99 Å². The van der Waals surface area contributed by atoms with Crippen molar-refractivity contribution in [1.29, 1.82) is 0 Å². The second-order valence-electron chi connectivity index (χ2n) is 6.19. The Hall–Kier alpha value is -3.00. The molecule has 1 atom stereocenters. The quantitative estimate of drug-likeness (QED) is 0.710. The van der Waals surface area contributed by atoms with Gasteiger partial charge in [-0.1, -0.05) is 59.7 Å². The number of allylic oxidation sites excluding steroid dienone is 4. The van der Waals surface area contributed by atoms with Crippen molar-refractivity contribution in [3.05, 3.63) is 87.5 Å². The van der Waals surface area contributed by atoms with Gasteiger partial charge in [0.1, 0.15) is 12.0 Å². The first-order chi connectivity index (χ1) is 14.4. The minimum atomic E-state index is -1.03. The molecule has 1 aromatic heterocycles. The molecule has 1 aromatic carbocycles. The van der Waals surface area contributed by atoms with E-state index in [9.17, 15) is 15.1 Å². The molecule has 0 saturated heterocycles.